The quantitative estimate of drug-likeness (QED) is 0.634. The van der Waals surface area contributed by atoms with Gasteiger partial charge in [-0.3, -0.25) is 10.1 Å². The van der Waals surface area contributed by atoms with Crippen molar-refractivity contribution in [2.75, 3.05) is 7.11 Å². The second kappa shape index (κ2) is 5.69. The van der Waals surface area contributed by atoms with Gasteiger partial charge in [-0.1, -0.05) is 30.3 Å². The number of carbonyl (C=O) groups excluding carboxylic acids is 1. The van der Waals surface area contributed by atoms with Crippen LogP contribution in [-0.4, -0.2) is 29.2 Å². The first-order valence-electron chi connectivity index (χ1n) is 7.89. The Kier molecular flexibility index (Phi) is 3.50. The largest absolute Gasteiger partial charge is 0.508 e. The monoisotopic (exact) mass is 322 g/mol. The third-order valence-electron chi connectivity index (χ3n) is 4.62. The Morgan fingerprint density at radius 3 is 2.67 bits per heavy atom. The van der Waals surface area contributed by atoms with Gasteiger partial charge in [-0.25, -0.2) is 0 Å². The number of para-hydroxylation sites is 1. The zero-order valence-corrected chi connectivity index (χ0v) is 13.2. The molecule has 0 saturated heterocycles. The summed E-state index contributed by atoms with van der Waals surface area (Å²) >= 11 is 0. The van der Waals surface area contributed by atoms with E-state index in [1.807, 2.05) is 30.3 Å². The van der Waals surface area contributed by atoms with E-state index in [0.29, 0.717) is 6.42 Å². The van der Waals surface area contributed by atoms with Crippen molar-refractivity contribution < 1.29 is 14.6 Å². The molecule has 0 aliphatic carbocycles. The fraction of sp³-hybridized carbons (Fsp3) is 0.211. The average molecular weight is 322 g/mol. The molecule has 0 amide bonds. The van der Waals surface area contributed by atoms with E-state index in [2.05, 4.69) is 16.4 Å². The average Bonchev–Trinajstić information content (AvgIpc) is 2.99. The topological polar surface area (TPSA) is 74.4 Å². The molecule has 1 aliphatic heterocycles. The van der Waals surface area contributed by atoms with Gasteiger partial charge in [-0.2, -0.15) is 0 Å². The van der Waals surface area contributed by atoms with Gasteiger partial charge in [0.05, 0.1) is 13.2 Å². The molecule has 2 aromatic carbocycles. The number of benzene rings is 2. The van der Waals surface area contributed by atoms with Crippen molar-refractivity contribution in [3.05, 3.63) is 65.4 Å². The van der Waals surface area contributed by atoms with Crippen molar-refractivity contribution in [2.24, 2.45) is 0 Å². The molecular formula is C19H18N2O3. The Hall–Kier alpha value is -2.79. The predicted molar refractivity (Wildman–Crippen MR) is 90.9 cm³/mol. The maximum atomic E-state index is 12.1. The maximum Gasteiger partial charge on any atom is 0.323 e. The number of nitrogens with one attached hydrogen (secondary N) is 2. The van der Waals surface area contributed by atoms with E-state index in [9.17, 15) is 9.90 Å². The van der Waals surface area contributed by atoms with E-state index in [-0.39, 0.29) is 17.8 Å². The first kappa shape index (κ1) is 14.8. The van der Waals surface area contributed by atoms with Crippen molar-refractivity contribution in [1.82, 2.24) is 10.3 Å². The summed E-state index contributed by atoms with van der Waals surface area (Å²) in [6.45, 7) is 0. The molecule has 2 atom stereocenters. The molecule has 3 aromatic rings. The number of methoxy groups -OCH3 is 1. The van der Waals surface area contributed by atoms with Gasteiger partial charge in [-0.05, 0) is 29.3 Å². The minimum absolute atomic E-state index is 0.161. The lowest BCUT2D eigenvalue weighted by Gasteiger charge is -2.30. The third kappa shape index (κ3) is 2.34. The number of phenols is 1. The summed E-state index contributed by atoms with van der Waals surface area (Å²) in [7, 11) is 1.41. The molecule has 0 fully saturated rings. The first-order chi connectivity index (χ1) is 11.7. The number of hydrogen-bond acceptors (Lipinski definition) is 4. The van der Waals surface area contributed by atoms with Gasteiger partial charge in [0.25, 0.3) is 0 Å². The van der Waals surface area contributed by atoms with Crippen LogP contribution in [0.15, 0.2) is 48.5 Å². The zero-order valence-electron chi connectivity index (χ0n) is 13.2. The van der Waals surface area contributed by atoms with Gasteiger partial charge in [0.2, 0.25) is 0 Å². The SMILES string of the molecule is COC(=O)[C@@H]1Cc2c([nH]c3ccccc23)C(c2ccc(O)cc2)N1. The fourth-order valence-electron chi connectivity index (χ4n) is 3.46. The summed E-state index contributed by atoms with van der Waals surface area (Å²) in [6.07, 6.45) is 0.584. The van der Waals surface area contributed by atoms with Crippen LogP contribution in [0.2, 0.25) is 0 Å². The molecule has 1 aliphatic rings. The number of rotatable bonds is 2. The Balaban J connectivity index is 1.86. The number of carbonyl (C=O) groups is 1. The summed E-state index contributed by atoms with van der Waals surface area (Å²) in [5.41, 5.74) is 4.23. The Morgan fingerprint density at radius 2 is 1.92 bits per heavy atom. The number of ether oxygens (including phenoxy) is 1. The lowest BCUT2D eigenvalue weighted by molar-refractivity contribution is -0.143. The number of aromatic nitrogens is 1. The van der Waals surface area contributed by atoms with Crippen LogP contribution in [-0.2, 0) is 16.0 Å². The number of aromatic hydroxyl groups is 1. The van der Waals surface area contributed by atoms with Crippen molar-refractivity contribution >= 4 is 16.9 Å². The number of esters is 1. The zero-order chi connectivity index (χ0) is 16.7. The fourth-order valence-corrected chi connectivity index (χ4v) is 3.46. The normalized spacial score (nSPS) is 19.9. The molecule has 4 rings (SSSR count). The minimum atomic E-state index is -0.402. The van der Waals surface area contributed by atoms with E-state index in [0.717, 1.165) is 27.7 Å². The van der Waals surface area contributed by atoms with Gasteiger partial charge < -0.3 is 14.8 Å². The van der Waals surface area contributed by atoms with Crippen LogP contribution in [0.5, 0.6) is 5.75 Å². The lowest BCUT2D eigenvalue weighted by atomic mass is 9.90. The number of phenolic OH excluding ortho intramolecular Hbond substituents is 1. The van der Waals surface area contributed by atoms with Crippen molar-refractivity contribution in [2.45, 2.75) is 18.5 Å². The van der Waals surface area contributed by atoms with Crippen LogP contribution in [0.25, 0.3) is 10.9 Å². The Bertz CT molecular complexity index is 899. The maximum absolute atomic E-state index is 12.1. The van der Waals surface area contributed by atoms with Crippen LogP contribution in [0.3, 0.4) is 0 Å². The van der Waals surface area contributed by atoms with E-state index in [4.69, 9.17) is 4.74 Å². The lowest BCUT2D eigenvalue weighted by Crippen LogP contribution is -2.45. The molecule has 0 bridgehead atoms. The minimum Gasteiger partial charge on any atom is -0.508 e. The highest BCUT2D eigenvalue weighted by Gasteiger charge is 2.34. The summed E-state index contributed by atoms with van der Waals surface area (Å²) in [4.78, 5) is 15.6. The van der Waals surface area contributed by atoms with Crippen LogP contribution in [0.4, 0.5) is 0 Å². The highest BCUT2D eigenvalue weighted by molar-refractivity contribution is 5.87. The predicted octanol–water partition coefficient (Wildman–Crippen LogP) is 2.65. The summed E-state index contributed by atoms with van der Waals surface area (Å²) in [6, 6.07) is 14.6. The van der Waals surface area contributed by atoms with Crippen molar-refractivity contribution in [3.63, 3.8) is 0 Å². The number of aromatic amines is 1. The summed E-state index contributed by atoms with van der Waals surface area (Å²) < 4.78 is 4.95. The number of hydrogen-bond donors (Lipinski definition) is 3. The molecule has 1 aromatic heterocycles. The van der Waals surface area contributed by atoms with E-state index >= 15 is 0 Å². The molecule has 0 radical (unpaired) electrons. The van der Waals surface area contributed by atoms with Crippen LogP contribution >= 0.6 is 0 Å². The second-order valence-electron chi connectivity index (χ2n) is 6.03. The van der Waals surface area contributed by atoms with Crippen LogP contribution < -0.4 is 5.32 Å². The number of H-pyrrole nitrogens is 1. The van der Waals surface area contributed by atoms with E-state index in [1.165, 1.54) is 7.11 Å². The first-order valence-corrected chi connectivity index (χ1v) is 7.89. The van der Waals surface area contributed by atoms with Gasteiger partial charge in [0, 0.05) is 23.0 Å². The van der Waals surface area contributed by atoms with Gasteiger partial charge in [0.15, 0.2) is 0 Å². The van der Waals surface area contributed by atoms with Crippen molar-refractivity contribution in [1.29, 1.82) is 0 Å². The molecule has 1 unspecified atom stereocenters. The highest BCUT2D eigenvalue weighted by Crippen LogP contribution is 2.35. The molecule has 0 spiro atoms. The van der Waals surface area contributed by atoms with Gasteiger partial charge >= 0.3 is 5.97 Å². The third-order valence-corrected chi connectivity index (χ3v) is 4.62. The molecular weight excluding hydrogens is 304 g/mol. The standard InChI is InChI=1S/C19H18N2O3/c1-24-19(23)16-10-14-13-4-2-3-5-15(13)20-18(14)17(21-16)11-6-8-12(22)9-7-11/h2-9,16-17,20-22H,10H2,1H3/t16-,17?/m0/s1. The molecule has 24 heavy (non-hydrogen) atoms. The molecule has 2 heterocycles. The molecule has 5 heteroatoms. The van der Waals surface area contributed by atoms with Gasteiger partial charge in [-0.15, -0.1) is 0 Å². The van der Waals surface area contributed by atoms with Crippen molar-refractivity contribution in [3.8, 4) is 5.75 Å². The Morgan fingerprint density at radius 1 is 1.17 bits per heavy atom. The van der Waals surface area contributed by atoms with Crippen LogP contribution in [0.1, 0.15) is 22.9 Å². The second-order valence-corrected chi connectivity index (χ2v) is 6.03. The smallest absolute Gasteiger partial charge is 0.323 e. The molecule has 5 nitrogen and oxygen atoms in total. The summed E-state index contributed by atoms with van der Waals surface area (Å²) in [5.74, 6) is -0.0503. The van der Waals surface area contributed by atoms with Gasteiger partial charge in [0.1, 0.15) is 11.8 Å². The number of fused-ring (bicyclic) bond motifs is 3. The summed E-state index contributed by atoms with van der Waals surface area (Å²) in [5, 5.41) is 14.0. The van der Waals surface area contributed by atoms with Crippen LogP contribution in [0, 0.1) is 0 Å². The molecule has 0 saturated carbocycles. The van der Waals surface area contributed by atoms with E-state index < -0.39 is 6.04 Å². The molecule has 122 valence electrons. The Labute approximate surface area is 139 Å². The highest BCUT2D eigenvalue weighted by atomic mass is 16.5. The molecule has 3 N–H and O–H groups in total. The van der Waals surface area contributed by atoms with E-state index in [1.54, 1.807) is 12.1 Å².